The monoisotopic (exact) mass is 269 g/mol. The van der Waals surface area contributed by atoms with E-state index in [1.165, 1.54) is 27.5 Å². The maximum Gasteiger partial charge on any atom is 0.0716 e. The van der Waals surface area contributed by atoms with E-state index in [-0.39, 0.29) is 0 Å². The molecule has 1 heterocycles. The smallest absolute Gasteiger partial charge is 0.0716 e. The Morgan fingerprint density at radius 3 is 2.24 bits per heavy atom. The molecule has 0 spiro atoms. The number of nitrogens with zero attached hydrogens (tertiary/aromatic N) is 1. The van der Waals surface area contributed by atoms with Gasteiger partial charge in [0.25, 0.3) is 0 Å². The van der Waals surface area contributed by atoms with Gasteiger partial charge in [-0.1, -0.05) is 60.2 Å². The van der Waals surface area contributed by atoms with Crippen LogP contribution in [0.25, 0.3) is 32.9 Å². The Balaban J connectivity index is 2.24. The zero-order valence-electron chi connectivity index (χ0n) is 11.9. The number of hydrogen-bond donors (Lipinski definition) is 0. The summed E-state index contributed by atoms with van der Waals surface area (Å²) in [5, 5.41) is 2.43. The van der Waals surface area contributed by atoms with E-state index in [0.717, 1.165) is 11.0 Å². The van der Waals surface area contributed by atoms with Gasteiger partial charge in [-0.05, 0) is 30.7 Å². The minimum atomic E-state index is 1.05. The first-order valence-corrected chi connectivity index (χ1v) is 7.17. The summed E-state index contributed by atoms with van der Waals surface area (Å²) in [5.41, 5.74) is 5.88. The molecule has 0 aliphatic rings. The van der Waals surface area contributed by atoms with E-state index in [1.54, 1.807) is 0 Å². The van der Waals surface area contributed by atoms with Crippen LogP contribution in [0.5, 0.6) is 0 Å². The average Bonchev–Trinajstić information content (AvgIpc) is 2.53. The van der Waals surface area contributed by atoms with Crippen LogP contribution in [-0.4, -0.2) is 4.98 Å². The molecule has 1 aromatic heterocycles. The summed E-state index contributed by atoms with van der Waals surface area (Å²) in [6, 6.07) is 25.4. The minimum absolute atomic E-state index is 1.05. The Kier molecular flexibility index (Phi) is 2.71. The molecule has 1 nitrogen and oxygen atoms in total. The molecule has 4 aromatic rings. The fraction of sp³-hybridized carbons (Fsp3) is 0.0500. The van der Waals surface area contributed by atoms with E-state index in [4.69, 9.17) is 4.98 Å². The highest BCUT2D eigenvalue weighted by molar-refractivity contribution is 6.09. The first kappa shape index (κ1) is 12.1. The number of rotatable bonds is 1. The van der Waals surface area contributed by atoms with E-state index in [1.807, 2.05) is 6.07 Å². The summed E-state index contributed by atoms with van der Waals surface area (Å²) in [5.74, 6) is 0. The van der Waals surface area contributed by atoms with Gasteiger partial charge in [0.2, 0.25) is 0 Å². The van der Waals surface area contributed by atoms with Crippen molar-refractivity contribution in [3.8, 4) is 11.1 Å². The highest BCUT2D eigenvalue weighted by Crippen LogP contribution is 2.34. The van der Waals surface area contributed by atoms with Crippen molar-refractivity contribution in [2.24, 2.45) is 0 Å². The highest BCUT2D eigenvalue weighted by atomic mass is 14.7. The van der Waals surface area contributed by atoms with Crippen molar-refractivity contribution in [3.05, 3.63) is 78.4 Å². The van der Waals surface area contributed by atoms with Crippen molar-refractivity contribution in [2.75, 3.05) is 0 Å². The lowest BCUT2D eigenvalue weighted by molar-refractivity contribution is 1.45. The summed E-state index contributed by atoms with van der Waals surface area (Å²) in [6.45, 7) is 2.13. The molecule has 100 valence electrons. The largest absolute Gasteiger partial charge is 0.248 e. The number of para-hydroxylation sites is 1. The molecule has 0 saturated heterocycles. The third-order valence-electron chi connectivity index (χ3n) is 3.90. The van der Waals surface area contributed by atoms with E-state index in [0.29, 0.717) is 0 Å². The van der Waals surface area contributed by atoms with Crippen LogP contribution in [0.1, 0.15) is 5.56 Å². The zero-order chi connectivity index (χ0) is 14.2. The molecule has 0 unspecified atom stereocenters. The van der Waals surface area contributed by atoms with Crippen molar-refractivity contribution >= 4 is 21.8 Å². The summed E-state index contributed by atoms with van der Waals surface area (Å²) in [4.78, 5) is 4.80. The predicted molar refractivity (Wildman–Crippen MR) is 89.4 cm³/mol. The van der Waals surface area contributed by atoms with Gasteiger partial charge in [0.1, 0.15) is 0 Å². The Bertz CT molecular complexity index is 940. The predicted octanol–water partition coefficient (Wildman–Crippen LogP) is 5.36. The van der Waals surface area contributed by atoms with Gasteiger partial charge in [-0.25, -0.2) is 4.98 Å². The van der Waals surface area contributed by atoms with Gasteiger partial charge in [-0.15, -0.1) is 0 Å². The van der Waals surface area contributed by atoms with Crippen LogP contribution < -0.4 is 0 Å². The van der Waals surface area contributed by atoms with Crippen molar-refractivity contribution in [3.63, 3.8) is 0 Å². The summed E-state index contributed by atoms with van der Waals surface area (Å²) in [7, 11) is 0. The number of hydrogen-bond acceptors (Lipinski definition) is 1. The molecule has 4 rings (SSSR count). The average molecular weight is 269 g/mol. The van der Waals surface area contributed by atoms with Crippen LogP contribution in [0.15, 0.2) is 72.8 Å². The first-order chi connectivity index (χ1) is 10.3. The number of benzene rings is 3. The molecular formula is C20H15N. The second-order valence-corrected chi connectivity index (χ2v) is 5.39. The number of fused-ring (bicyclic) bond motifs is 2. The van der Waals surface area contributed by atoms with E-state index < -0.39 is 0 Å². The van der Waals surface area contributed by atoms with Gasteiger partial charge in [-0.2, -0.15) is 0 Å². The fourth-order valence-electron chi connectivity index (χ4n) is 2.92. The molecule has 0 N–H and O–H groups in total. The lowest BCUT2D eigenvalue weighted by Crippen LogP contribution is -1.89. The van der Waals surface area contributed by atoms with Gasteiger partial charge in [0, 0.05) is 16.3 Å². The molecule has 0 atom stereocenters. The number of pyridine rings is 1. The van der Waals surface area contributed by atoms with E-state index >= 15 is 0 Å². The van der Waals surface area contributed by atoms with Crippen molar-refractivity contribution in [1.82, 2.24) is 4.98 Å². The van der Waals surface area contributed by atoms with Gasteiger partial charge in [0.15, 0.2) is 0 Å². The van der Waals surface area contributed by atoms with Crippen LogP contribution in [0.2, 0.25) is 0 Å². The Morgan fingerprint density at radius 2 is 1.38 bits per heavy atom. The lowest BCUT2D eigenvalue weighted by atomic mass is 9.95. The van der Waals surface area contributed by atoms with Crippen LogP contribution in [0.4, 0.5) is 0 Å². The van der Waals surface area contributed by atoms with Crippen LogP contribution in [0, 0.1) is 6.92 Å². The molecule has 1 heteroatoms. The molecule has 3 aromatic carbocycles. The molecule has 0 aliphatic heterocycles. The fourth-order valence-corrected chi connectivity index (χ4v) is 2.92. The maximum absolute atomic E-state index is 4.80. The van der Waals surface area contributed by atoms with Crippen LogP contribution in [-0.2, 0) is 0 Å². The maximum atomic E-state index is 4.80. The van der Waals surface area contributed by atoms with E-state index in [2.05, 4.69) is 73.7 Å². The van der Waals surface area contributed by atoms with Gasteiger partial charge >= 0.3 is 0 Å². The number of aromatic nitrogens is 1. The van der Waals surface area contributed by atoms with Crippen molar-refractivity contribution in [1.29, 1.82) is 0 Å². The normalized spacial score (nSPS) is 11.1. The lowest BCUT2D eigenvalue weighted by Gasteiger charge is -2.11. The Labute approximate surface area is 123 Å². The van der Waals surface area contributed by atoms with Crippen molar-refractivity contribution < 1.29 is 0 Å². The topological polar surface area (TPSA) is 12.9 Å². The molecule has 0 bridgehead atoms. The molecule has 0 fully saturated rings. The van der Waals surface area contributed by atoms with Gasteiger partial charge < -0.3 is 0 Å². The third kappa shape index (κ3) is 1.98. The van der Waals surface area contributed by atoms with Gasteiger partial charge in [-0.3, -0.25) is 0 Å². The van der Waals surface area contributed by atoms with Crippen LogP contribution in [0.3, 0.4) is 0 Å². The van der Waals surface area contributed by atoms with Gasteiger partial charge in [0.05, 0.1) is 11.0 Å². The molecule has 0 aliphatic carbocycles. The Morgan fingerprint density at radius 1 is 0.667 bits per heavy atom. The summed E-state index contributed by atoms with van der Waals surface area (Å²) < 4.78 is 0. The molecule has 0 radical (unpaired) electrons. The quantitative estimate of drug-likeness (QED) is 0.424. The molecule has 0 saturated carbocycles. The molecular weight excluding hydrogens is 254 g/mol. The first-order valence-electron chi connectivity index (χ1n) is 7.17. The molecule has 0 amide bonds. The summed E-state index contributed by atoms with van der Waals surface area (Å²) >= 11 is 0. The Hall–Kier alpha value is -2.67. The summed E-state index contributed by atoms with van der Waals surface area (Å²) in [6.07, 6.45) is 0. The van der Waals surface area contributed by atoms with Crippen LogP contribution >= 0.6 is 0 Å². The number of aryl methyl sites for hydroxylation is 1. The van der Waals surface area contributed by atoms with Crippen molar-refractivity contribution in [2.45, 2.75) is 6.92 Å². The minimum Gasteiger partial charge on any atom is -0.248 e. The standard InChI is InChI=1S/C20H15N/c1-14-11-12-19-17(13-14)20(15-7-3-2-4-8-15)16-9-5-6-10-18(16)21-19/h2-13H,1H3. The van der Waals surface area contributed by atoms with E-state index in [9.17, 15) is 0 Å². The second-order valence-electron chi connectivity index (χ2n) is 5.39. The highest BCUT2D eigenvalue weighted by Gasteiger charge is 2.10. The second kappa shape index (κ2) is 4.71. The third-order valence-corrected chi connectivity index (χ3v) is 3.90. The zero-order valence-corrected chi connectivity index (χ0v) is 11.9. The molecule has 21 heavy (non-hydrogen) atoms. The SMILES string of the molecule is Cc1ccc2nc3ccccc3c(-c3ccccc3)c2c1.